The van der Waals surface area contributed by atoms with E-state index in [1.165, 1.54) is 0 Å². The van der Waals surface area contributed by atoms with Gasteiger partial charge in [0, 0.05) is 6.04 Å². The lowest BCUT2D eigenvalue weighted by molar-refractivity contribution is -0.120. The van der Waals surface area contributed by atoms with Gasteiger partial charge >= 0.3 is 6.03 Å². The number of carbonyl (C=O) groups excluding carboxylic acids is 2. The molecule has 20 heavy (non-hydrogen) atoms. The van der Waals surface area contributed by atoms with Gasteiger partial charge < -0.3 is 9.88 Å². The number of hydrogen-bond acceptors (Lipinski definition) is 3. The number of aromatic nitrogens is 2. The summed E-state index contributed by atoms with van der Waals surface area (Å²) in [5, 5.41) is 4.91. The van der Waals surface area contributed by atoms with Crippen molar-refractivity contribution in [1.82, 2.24) is 20.2 Å². The number of para-hydroxylation sites is 2. The highest BCUT2D eigenvalue weighted by molar-refractivity contribution is 5.94. The minimum absolute atomic E-state index is 0.0152. The van der Waals surface area contributed by atoms with Gasteiger partial charge in [-0.25, -0.2) is 9.78 Å². The van der Waals surface area contributed by atoms with Gasteiger partial charge in [-0.05, 0) is 32.9 Å². The molecule has 0 unspecified atom stereocenters. The van der Waals surface area contributed by atoms with Gasteiger partial charge in [-0.2, -0.15) is 0 Å². The Morgan fingerprint density at radius 2 is 2.00 bits per heavy atom. The molecule has 0 aliphatic rings. The van der Waals surface area contributed by atoms with E-state index in [-0.39, 0.29) is 18.5 Å². The molecule has 0 bridgehead atoms. The number of hydrogen-bond donors (Lipinski definition) is 2. The molecule has 6 heteroatoms. The van der Waals surface area contributed by atoms with Crippen LogP contribution in [0, 0.1) is 6.92 Å². The third kappa shape index (κ3) is 3.14. The van der Waals surface area contributed by atoms with Crippen LogP contribution in [-0.2, 0) is 11.3 Å². The standard InChI is InChI=1S/C14H18N4O2/c1-9(2)15-14(20)17-13(19)8-18-10(3)16-11-6-4-5-7-12(11)18/h4-7,9H,8H2,1-3H3,(H2,15,17,19,20). The van der Waals surface area contributed by atoms with E-state index in [2.05, 4.69) is 15.6 Å². The molecule has 1 aromatic heterocycles. The van der Waals surface area contributed by atoms with E-state index in [0.29, 0.717) is 0 Å². The number of imidazole rings is 1. The fraction of sp³-hybridized carbons (Fsp3) is 0.357. The molecule has 0 aliphatic carbocycles. The molecule has 106 valence electrons. The predicted octanol–water partition coefficient (Wildman–Crippen LogP) is 1.58. The molecule has 0 radical (unpaired) electrons. The van der Waals surface area contributed by atoms with Crippen molar-refractivity contribution in [1.29, 1.82) is 0 Å². The van der Waals surface area contributed by atoms with Gasteiger partial charge in [-0.15, -0.1) is 0 Å². The molecule has 0 fully saturated rings. The molecule has 0 aliphatic heterocycles. The average Bonchev–Trinajstić information content (AvgIpc) is 2.65. The van der Waals surface area contributed by atoms with E-state index in [1.54, 1.807) is 4.57 Å². The van der Waals surface area contributed by atoms with Gasteiger partial charge in [0.2, 0.25) is 5.91 Å². The Bertz CT molecular complexity index is 646. The minimum atomic E-state index is -0.480. The molecule has 2 aromatic rings. The van der Waals surface area contributed by atoms with Crippen LogP contribution in [-0.4, -0.2) is 27.5 Å². The second kappa shape index (κ2) is 5.73. The minimum Gasteiger partial charge on any atom is -0.336 e. The Morgan fingerprint density at radius 1 is 1.30 bits per heavy atom. The van der Waals surface area contributed by atoms with Gasteiger partial charge in [0.1, 0.15) is 12.4 Å². The third-order valence-electron chi connectivity index (χ3n) is 2.82. The van der Waals surface area contributed by atoms with Crippen molar-refractivity contribution in [2.24, 2.45) is 0 Å². The summed E-state index contributed by atoms with van der Waals surface area (Å²) in [5.41, 5.74) is 1.72. The van der Waals surface area contributed by atoms with Crippen molar-refractivity contribution in [2.75, 3.05) is 0 Å². The number of amides is 3. The van der Waals surface area contributed by atoms with Crippen molar-refractivity contribution < 1.29 is 9.59 Å². The largest absolute Gasteiger partial charge is 0.336 e. The smallest absolute Gasteiger partial charge is 0.321 e. The molecule has 0 saturated heterocycles. The van der Waals surface area contributed by atoms with Gasteiger partial charge in [0.25, 0.3) is 0 Å². The molecule has 0 saturated carbocycles. The third-order valence-corrected chi connectivity index (χ3v) is 2.82. The molecule has 0 spiro atoms. The Hall–Kier alpha value is -2.37. The second-order valence-electron chi connectivity index (χ2n) is 4.91. The van der Waals surface area contributed by atoms with Crippen molar-refractivity contribution in [3.63, 3.8) is 0 Å². The van der Waals surface area contributed by atoms with Crippen LogP contribution in [0.2, 0.25) is 0 Å². The Balaban J connectivity index is 2.10. The van der Waals surface area contributed by atoms with Crippen LogP contribution in [0.1, 0.15) is 19.7 Å². The van der Waals surface area contributed by atoms with Crippen molar-refractivity contribution in [3.8, 4) is 0 Å². The number of imide groups is 1. The van der Waals surface area contributed by atoms with Crippen LogP contribution >= 0.6 is 0 Å². The van der Waals surface area contributed by atoms with Crippen LogP contribution in [0.3, 0.4) is 0 Å². The number of fused-ring (bicyclic) bond motifs is 1. The second-order valence-corrected chi connectivity index (χ2v) is 4.91. The van der Waals surface area contributed by atoms with Crippen molar-refractivity contribution in [2.45, 2.75) is 33.4 Å². The van der Waals surface area contributed by atoms with Gasteiger partial charge in [0.05, 0.1) is 11.0 Å². The van der Waals surface area contributed by atoms with E-state index >= 15 is 0 Å². The van der Waals surface area contributed by atoms with E-state index < -0.39 is 6.03 Å². The monoisotopic (exact) mass is 274 g/mol. The van der Waals surface area contributed by atoms with Gasteiger partial charge in [-0.1, -0.05) is 12.1 Å². The summed E-state index contributed by atoms with van der Waals surface area (Å²) in [5.74, 6) is 0.375. The maximum absolute atomic E-state index is 11.9. The first kappa shape index (κ1) is 14.0. The lowest BCUT2D eigenvalue weighted by Crippen LogP contribution is -2.43. The first-order chi connectivity index (χ1) is 9.47. The fourth-order valence-corrected chi connectivity index (χ4v) is 2.00. The van der Waals surface area contributed by atoms with Crippen molar-refractivity contribution in [3.05, 3.63) is 30.1 Å². The first-order valence-electron chi connectivity index (χ1n) is 6.49. The maximum Gasteiger partial charge on any atom is 0.321 e. The predicted molar refractivity (Wildman–Crippen MR) is 76.3 cm³/mol. The summed E-state index contributed by atoms with van der Waals surface area (Å²) >= 11 is 0. The quantitative estimate of drug-likeness (QED) is 0.892. The van der Waals surface area contributed by atoms with Crippen LogP contribution in [0.25, 0.3) is 11.0 Å². The fourth-order valence-electron chi connectivity index (χ4n) is 2.00. The molecular weight excluding hydrogens is 256 g/mol. The van der Waals surface area contributed by atoms with Crippen LogP contribution < -0.4 is 10.6 Å². The molecule has 0 atom stereocenters. The van der Waals surface area contributed by atoms with E-state index in [4.69, 9.17) is 0 Å². The molecular formula is C14H18N4O2. The van der Waals surface area contributed by atoms with Crippen molar-refractivity contribution >= 4 is 23.0 Å². The SMILES string of the molecule is Cc1nc2ccccc2n1CC(=O)NC(=O)NC(C)C. The number of benzene rings is 1. The molecule has 1 heterocycles. The van der Waals surface area contributed by atoms with E-state index in [1.807, 2.05) is 45.0 Å². The number of urea groups is 1. The average molecular weight is 274 g/mol. The molecule has 6 nitrogen and oxygen atoms in total. The molecule has 2 N–H and O–H groups in total. The summed E-state index contributed by atoms with van der Waals surface area (Å²) in [4.78, 5) is 27.7. The summed E-state index contributed by atoms with van der Waals surface area (Å²) in [7, 11) is 0. The maximum atomic E-state index is 11.9. The zero-order chi connectivity index (χ0) is 14.7. The molecule has 3 amide bonds. The van der Waals surface area contributed by atoms with Crippen LogP contribution in [0.4, 0.5) is 4.79 Å². The Kier molecular flexibility index (Phi) is 4.02. The first-order valence-corrected chi connectivity index (χ1v) is 6.49. The number of aryl methyl sites for hydroxylation is 1. The van der Waals surface area contributed by atoms with Crippen LogP contribution in [0.15, 0.2) is 24.3 Å². The van der Waals surface area contributed by atoms with E-state index in [9.17, 15) is 9.59 Å². The highest BCUT2D eigenvalue weighted by atomic mass is 16.2. The summed E-state index contributed by atoms with van der Waals surface area (Å²) < 4.78 is 1.79. The zero-order valence-corrected chi connectivity index (χ0v) is 11.8. The summed E-state index contributed by atoms with van der Waals surface area (Å²) in [6.07, 6.45) is 0. The van der Waals surface area contributed by atoms with E-state index in [0.717, 1.165) is 16.9 Å². The van der Waals surface area contributed by atoms with Gasteiger partial charge in [0.15, 0.2) is 0 Å². The topological polar surface area (TPSA) is 76.0 Å². The normalized spacial score (nSPS) is 10.8. The summed E-state index contributed by atoms with van der Waals surface area (Å²) in [6.45, 7) is 5.56. The molecule has 2 rings (SSSR count). The lowest BCUT2D eigenvalue weighted by atomic mass is 10.3. The lowest BCUT2D eigenvalue weighted by Gasteiger charge is -2.10. The number of nitrogens with one attached hydrogen (secondary N) is 2. The number of nitrogens with zero attached hydrogens (tertiary/aromatic N) is 2. The highest BCUT2D eigenvalue weighted by Crippen LogP contribution is 2.14. The summed E-state index contributed by atoms with van der Waals surface area (Å²) in [6, 6.07) is 7.09. The van der Waals surface area contributed by atoms with Crippen LogP contribution in [0.5, 0.6) is 0 Å². The Labute approximate surface area is 117 Å². The zero-order valence-electron chi connectivity index (χ0n) is 11.8. The molecule has 1 aromatic carbocycles. The number of rotatable bonds is 3. The highest BCUT2D eigenvalue weighted by Gasteiger charge is 2.13. The van der Waals surface area contributed by atoms with Gasteiger partial charge in [-0.3, -0.25) is 10.1 Å². The number of carbonyl (C=O) groups is 2. The Morgan fingerprint density at radius 3 is 2.70 bits per heavy atom.